The van der Waals surface area contributed by atoms with Gasteiger partial charge in [0, 0.05) is 38.3 Å². The maximum Gasteiger partial charge on any atom is 0.236 e. The molecule has 1 rings (SSSR count). The van der Waals surface area contributed by atoms with Crippen LogP contribution in [-0.2, 0) is 4.79 Å². The molecule has 4 nitrogen and oxygen atoms in total. The molecule has 0 radical (unpaired) electrons. The minimum absolute atomic E-state index is 0.291. The first-order valence-electron chi connectivity index (χ1n) is 7.33. The summed E-state index contributed by atoms with van der Waals surface area (Å²) in [7, 11) is 0. The fourth-order valence-corrected chi connectivity index (χ4v) is 2.49. The van der Waals surface area contributed by atoms with Crippen molar-refractivity contribution in [3.05, 3.63) is 0 Å². The second kappa shape index (κ2) is 7.74. The molecule has 106 valence electrons. The molecule has 0 aromatic carbocycles. The molecule has 1 N–H and O–H groups in total. The lowest BCUT2D eigenvalue weighted by Crippen LogP contribution is -2.56. The summed E-state index contributed by atoms with van der Waals surface area (Å²) in [6, 6.07) is 0.940. The first-order valence-corrected chi connectivity index (χ1v) is 7.33. The molecule has 0 bridgehead atoms. The van der Waals surface area contributed by atoms with Gasteiger partial charge in [0.25, 0.3) is 0 Å². The predicted octanol–water partition coefficient (Wildman–Crippen LogP) is 1.32. The van der Waals surface area contributed by atoms with Gasteiger partial charge in [0.05, 0.1) is 6.54 Å². The number of nitrogens with one attached hydrogen (secondary N) is 1. The molecule has 4 heteroatoms. The van der Waals surface area contributed by atoms with E-state index >= 15 is 0 Å². The average Bonchev–Trinajstić information content (AvgIpc) is 2.33. The van der Waals surface area contributed by atoms with E-state index in [4.69, 9.17) is 0 Å². The Kier molecular flexibility index (Phi) is 6.65. The first kappa shape index (κ1) is 15.4. The SMILES string of the molecule is CCCN(CCC)C(=O)CN1CC(C)NCC1C. The van der Waals surface area contributed by atoms with E-state index in [-0.39, 0.29) is 0 Å². The van der Waals surface area contributed by atoms with E-state index in [1.165, 1.54) is 0 Å². The van der Waals surface area contributed by atoms with E-state index in [9.17, 15) is 4.79 Å². The van der Waals surface area contributed by atoms with Crippen LogP contribution in [0.25, 0.3) is 0 Å². The molecule has 18 heavy (non-hydrogen) atoms. The Morgan fingerprint density at radius 2 is 1.89 bits per heavy atom. The quantitative estimate of drug-likeness (QED) is 0.777. The fourth-order valence-electron chi connectivity index (χ4n) is 2.49. The van der Waals surface area contributed by atoms with Gasteiger partial charge >= 0.3 is 0 Å². The Bertz CT molecular complexity index is 251. The Labute approximate surface area is 112 Å². The summed E-state index contributed by atoms with van der Waals surface area (Å²) >= 11 is 0. The van der Waals surface area contributed by atoms with Gasteiger partial charge in [0.2, 0.25) is 5.91 Å². The largest absolute Gasteiger partial charge is 0.342 e. The minimum atomic E-state index is 0.291. The third kappa shape index (κ3) is 4.58. The van der Waals surface area contributed by atoms with Crippen LogP contribution in [0.2, 0.25) is 0 Å². The number of amides is 1. The Balaban J connectivity index is 2.49. The van der Waals surface area contributed by atoms with E-state index < -0.39 is 0 Å². The standard InChI is InChI=1S/C14H29N3O/c1-5-7-16(8-6-2)14(18)11-17-10-12(3)15-9-13(17)4/h12-13,15H,5-11H2,1-4H3. The summed E-state index contributed by atoms with van der Waals surface area (Å²) in [6.45, 7) is 12.9. The molecule has 0 spiro atoms. The van der Waals surface area contributed by atoms with Gasteiger partial charge in [-0.05, 0) is 26.7 Å². The summed E-state index contributed by atoms with van der Waals surface area (Å²) in [6.07, 6.45) is 2.08. The van der Waals surface area contributed by atoms with Crippen molar-refractivity contribution >= 4 is 5.91 Å². The first-order chi connectivity index (χ1) is 8.58. The molecule has 2 unspecified atom stereocenters. The van der Waals surface area contributed by atoms with E-state index in [2.05, 4.69) is 37.9 Å². The smallest absolute Gasteiger partial charge is 0.236 e. The monoisotopic (exact) mass is 255 g/mol. The average molecular weight is 255 g/mol. The van der Waals surface area contributed by atoms with Gasteiger partial charge in [-0.15, -0.1) is 0 Å². The molecule has 2 atom stereocenters. The van der Waals surface area contributed by atoms with Crippen LogP contribution in [0.15, 0.2) is 0 Å². The maximum atomic E-state index is 12.3. The van der Waals surface area contributed by atoms with Crippen LogP contribution >= 0.6 is 0 Å². The van der Waals surface area contributed by atoms with Crippen molar-refractivity contribution in [2.24, 2.45) is 0 Å². The molecule has 0 aromatic heterocycles. The molecule has 1 heterocycles. The second-order valence-electron chi connectivity index (χ2n) is 5.47. The van der Waals surface area contributed by atoms with Gasteiger partial charge in [0.1, 0.15) is 0 Å². The highest BCUT2D eigenvalue weighted by Crippen LogP contribution is 2.07. The van der Waals surface area contributed by atoms with Gasteiger partial charge < -0.3 is 10.2 Å². The molecule has 1 amide bonds. The molecule has 1 fully saturated rings. The summed E-state index contributed by atoms with van der Waals surface area (Å²) in [4.78, 5) is 16.6. The molecule has 1 aliphatic heterocycles. The van der Waals surface area contributed by atoms with Crippen LogP contribution in [0.5, 0.6) is 0 Å². The summed E-state index contributed by atoms with van der Waals surface area (Å²) in [5.41, 5.74) is 0. The van der Waals surface area contributed by atoms with Crippen LogP contribution < -0.4 is 5.32 Å². The van der Waals surface area contributed by atoms with Crippen LogP contribution in [0, 0.1) is 0 Å². The van der Waals surface area contributed by atoms with Crippen molar-refractivity contribution < 1.29 is 4.79 Å². The highest BCUT2D eigenvalue weighted by atomic mass is 16.2. The zero-order valence-electron chi connectivity index (χ0n) is 12.4. The third-order valence-corrected chi connectivity index (χ3v) is 3.57. The zero-order valence-corrected chi connectivity index (χ0v) is 12.4. The number of piperazine rings is 1. The summed E-state index contributed by atoms with van der Waals surface area (Å²) in [5, 5.41) is 3.45. The number of hydrogen-bond acceptors (Lipinski definition) is 3. The van der Waals surface area contributed by atoms with Crippen molar-refractivity contribution in [2.75, 3.05) is 32.7 Å². The lowest BCUT2D eigenvalue weighted by atomic mass is 10.1. The molecular weight excluding hydrogens is 226 g/mol. The molecule has 0 aliphatic carbocycles. The normalized spacial score (nSPS) is 25.1. The van der Waals surface area contributed by atoms with E-state index in [1.807, 2.05) is 4.90 Å². The van der Waals surface area contributed by atoms with Gasteiger partial charge in [-0.2, -0.15) is 0 Å². The summed E-state index contributed by atoms with van der Waals surface area (Å²) < 4.78 is 0. The predicted molar refractivity (Wildman–Crippen MR) is 75.7 cm³/mol. The highest BCUT2D eigenvalue weighted by Gasteiger charge is 2.25. The fraction of sp³-hybridized carbons (Fsp3) is 0.929. The number of rotatable bonds is 6. The lowest BCUT2D eigenvalue weighted by molar-refractivity contribution is -0.133. The zero-order chi connectivity index (χ0) is 13.5. The van der Waals surface area contributed by atoms with Crippen molar-refractivity contribution in [2.45, 2.75) is 52.6 Å². The van der Waals surface area contributed by atoms with Crippen LogP contribution in [0.4, 0.5) is 0 Å². The van der Waals surface area contributed by atoms with Crippen molar-refractivity contribution in [3.63, 3.8) is 0 Å². The van der Waals surface area contributed by atoms with E-state index in [1.54, 1.807) is 0 Å². The molecular formula is C14H29N3O. The lowest BCUT2D eigenvalue weighted by Gasteiger charge is -2.38. The molecule has 0 aromatic rings. The van der Waals surface area contributed by atoms with Gasteiger partial charge in [-0.3, -0.25) is 9.69 Å². The van der Waals surface area contributed by atoms with E-state index in [0.29, 0.717) is 24.5 Å². The van der Waals surface area contributed by atoms with Crippen LogP contribution in [0.1, 0.15) is 40.5 Å². The number of carbonyl (C=O) groups excluding carboxylic acids is 1. The maximum absolute atomic E-state index is 12.3. The van der Waals surface area contributed by atoms with Gasteiger partial charge in [-0.1, -0.05) is 13.8 Å². The Morgan fingerprint density at radius 1 is 1.28 bits per heavy atom. The Morgan fingerprint density at radius 3 is 2.44 bits per heavy atom. The van der Waals surface area contributed by atoms with Crippen molar-refractivity contribution in [1.82, 2.24) is 15.1 Å². The van der Waals surface area contributed by atoms with Gasteiger partial charge in [0.15, 0.2) is 0 Å². The van der Waals surface area contributed by atoms with Crippen LogP contribution in [-0.4, -0.2) is 60.5 Å². The minimum Gasteiger partial charge on any atom is -0.342 e. The van der Waals surface area contributed by atoms with Gasteiger partial charge in [-0.25, -0.2) is 0 Å². The third-order valence-electron chi connectivity index (χ3n) is 3.57. The number of carbonyl (C=O) groups is 1. The number of hydrogen-bond donors (Lipinski definition) is 1. The van der Waals surface area contributed by atoms with Crippen LogP contribution in [0.3, 0.4) is 0 Å². The molecule has 1 aliphatic rings. The van der Waals surface area contributed by atoms with Crippen molar-refractivity contribution in [3.8, 4) is 0 Å². The van der Waals surface area contributed by atoms with E-state index in [0.717, 1.165) is 39.0 Å². The number of nitrogens with zero attached hydrogens (tertiary/aromatic N) is 2. The Hall–Kier alpha value is -0.610. The summed E-state index contributed by atoms with van der Waals surface area (Å²) in [5.74, 6) is 0.291. The topological polar surface area (TPSA) is 35.6 Å². The molecule has 0 saturated carbocycles. The highest BCUT2D eigenvalue weighted by molar-refractivity contribution is 5.78. The second-order valence-corrected chi connectivity index (χ2v) is 5.47. The van der Waals surface area contributed by atoms with Crippen molar-refractivity contribution in [1.29, 1.82) is 0 Å². The molecule has 1 saturated heterocycles.